The fourth-order valence-corrected chi connectivity index (χ4v) is 9.19. The number of para-hydroxylation sites is 1. The van der Waals surface area contributed by atoms with Gasteiger partial charge in [-0.3, -0.25) is 0 Å². The molecule has 2 unspecified atom stereocenters. The van der Waals surface area contributed by atoms with Crippen molar-refractivity contribution in [1.82, 2.24) is 0 Å². The Morgan fingerprint density at radius 3 is 2.23 bits per heavy atom. The van der Waals surface area contributed by atoms with Crippen LogP contribution in [-0.4, -0.2) is 12.3 Å². The van der Waals surface area contributed by atoms with Crippen molar-refractivity contribution >= 4 is 51.5 Å². The normalized spacial score (nSPS) is 24.9. The molecule has 1 aliphatic carbocycles. The number of rotatable bonds is 1. The van der Waals surface area contributed by atoms with E-state index in [-0.39, 0.29) is 17.7 Å². The van der Waals surface area contributed by atoms with Gasteiger partial charge in [0.2, 0.25) is 0 Å². The van der Waals surface area contributed by atoms with Crippen molar-refractivity contribution in [1.29, 1.82) is 0 Å². The summed E-state index contributed by atoms with van der Waals surface area (Å²) in [5.41, 5.74) is 16.7. The van der Waals surface area contributed by atoms with Crippen molar-refractivity contribution < 1.29 is 4.11 Å². The molecular formula is C37H39BN2. The predicted octanol–water partition coefficient (Wildman–Crippen LogP) is 7.58. The maximum absolute atomic E-state index is 8.34. The quantitative estimate of drug-likeness (QED) is 0.208. The second-order valence-electron chi connectivity index (χ2n) is 13.4. The molecule has 40 heavy (non-hydrogen) atoms. The van der Waals surface area contributed by atoms with Crippen LogP contribution in [0.15, 0.2) is 60.7 Å². The minimum Gasteiger partial charge on any atom is -0.335 e. The second kappa shape index (κ2) is 7.84. The highest BCUT2D eigenvalue weighted by Crippen LogP contribution is 2.61. The molecular weight excluding hydrogens is 483 g/mol. The van der Waals surface area contributed by atoms with Gasteiger partial charge < -0.3 is 9.80 Å². The molecule has 0 N–H and O–H groups in total. The van der Waals surface area contributed by atoms with Crippen LogP contribution in [0.5, 0.6) is 0 Å². The van der Waals surface area contributed by atoms with Crippen molar-refractivity contribution in [2.75, 3.05) is 9.80 Å². The van der Waals surface area contributed by atoms with E-state index in [0.29, 0.717) is 5.56 Å². The molecule has 0 aromatic heterocycles. The lowest BCUT2D eigenvalue weighted by Gasteiger charge is -2.53. The van der Waals surface area contributed by atoms with E-state index in [2.05, 4.69) is 99.9 Å². The van der Waals surface area contributed by atoms with Crippen LogP contribution < -0.4 is 26.2 Å². The SMILES string of the molecule is [2H]C([2H])([2H])c1ccc2c(c1)B1c3cccc4c3N(c3cc(C)cc(c31)N2c1c(C)cc(C)cc1C)C1(C)CCCCC41C. The molecule has 0 bridgehead atoms. The summed E-state index contributed by atoms with van der Waals surface area (Å²) in [7, 11) is 0. The molecule has 1 saturated carbocycles. The number of benzene rings is 4. The molecule has 0 saturated heterocycles. The highest BCUT2D eigenvalue weighted by molar-refractivity contribution is 7.00. The van der Waals surface area contributed by atoms with E-state index in [1.165, 1.54) is 80.8 Å². The zero-order valence-electron chi connectivity index (χ0n) is 27.6. The molecule has 3 heterocycles. The van der Waals surface area contributed by atoms with Gasteiger partial charge in [0.1, 0.15) is 0 Å². The Labute approximate surface area is 244 Å². The van der Waals surface area contributed by atoms with Gasteiger partial charge in [0, 0.05) is 32.3 Å². The van der Waals surface area contributed by atoms with Gasteiger partial charge in [0.15, 0.2) is 0 Å². The van der Waals surface area contributed by atoms with E-state index in [1.54, 1.807) is 0 Å². The number of fused-ring (bicyclic) bond motifs is 7. The second-order valence-corrected chi connectivity index (χ2v) is 13.4. The van der Waals surface area contributed by atoms with Crippen LogP contribution in [0, 0.1) is 34.5 Å². The van der Waals surface area contributed by atoms with E-state index >= 15 is 0 Å². The van der Waals surface area contributed by atoms with Crippen molar-refractivity contribution in [3.8, 4) is 0 Å². The van der Waals surface area contributed by atoms with Crippen molar-refractivity contribution in [3.05, 3.63) is 94.0 Å². The molecule has 0 spiro atoms. The summed E-state index contributed by atoms with van der Waals surface area (Å²) in [6, 6.07) is 22.1. The maximum Gasteiger partial charge on any atom is 0.252 e. The Morgan fingerprint density at radius 1 is 0.725 bits per heavy atom. The van der Waals surface area contributed by atoms with Gasteiger partial charge in [0.05, 0.1) is 11.2 Å². The van der Waals surface area contributed by atoms with Gasteiger partial charge in [0.25, 0.3) is 6.71 Å². The average molecular weight is 526 g/mol. The van der Waals surface area contributed by atoms with Crippen LogP contribution in [0.4, 0.5) is 28.4 Å². The van der Waals surface area contributed by atoms with Crippen molar-refractivity contribution in [2.45, 2.75) is 85.0 Å². The Morgan fingerprint density at radius 2 is 1.45 bits per heavy atom. The lowest BCUT2D eigenvalue weighted by atomic mass is 9.33. The standard InChI is InChI=1S/C37H39BN2/c1-22-13-14-30-29(19-22)38-28-12-10-11-27-35(28)40(37(7)16-9-8-15-36(27,37)6)32-21-24(3)20-31(33(32)38)39(30)34-25(4)17-23(2)18-26(34)5/h10-14,17-21H,8-9,15-16H2,1-7H3/i1D3. The lowest BCUT2D eigenvalue weighted by Crippen LogP contribution is -2.64. The zero-order valence-corrected chi connectivity index (χ0v) is 24.6. The molecule has 3 aliphatic heterocycles. The summed E-state index contributed by atoms with van der Waals surface area (Å²) in [5.74, 6) is 0. The lowest BCUT2D eigenvalue weighted by molar-refractivity contribution is 0.195. The summed E-state index contributed by atoms with van der Waals surface area (Å²) >= 11 is 0. The zero-order chi connectivity index (χ0) is 30.2. The number of hydrogen-bond acceptors (Lipinski definition) is 2. The van der Waals surface area contributed by atoms with Gasteiger partial charge in [-0.1, -0.05) is 73.4 Å². The first-order valence-corrected chi connectivity index (χ1v) is 15.0. The first-order chi connectivity index (χ1) is 20.3. The summed E-state index contributed by atoms with van der Waals surface area (Å²) in [6.45, 7) is 11.6. The van der Waals surface area contributed by atoms with E-state index in [9.17, 15) is 0 Å². The summed E-state index contributed by atoms with van der Waals surface area (Å²) < 4.78 is 25.0. The molecule has 200 valence electrons. The third-order valence-electron chi connectivity index (χ3n) is 11.0. The van der Waals surface area contributed by atoms with Crippen LogP contribution in [-0.2, 0) is 5.41 Å². The maximum atomic E-state index is 8.34. The topological polar surface area (TPSA) is 6.48 Å². The van der Waals surface area contributed by atoms with Gasteiger partial charge in [-0.25, -0.2) is 0 Å². The monoisotopic (exact) mass is 525 g/mol. The van der Waals surface area contributed by atoms with E-state index in [1.807, 2.05) is 12.1 Å². The molecule has 0 amide bonds. The van der Waals surface area contributed by atoms with E-state index in [4.69, 9.17) is 4.11 Å². The van der Waals surface area contributed by atoms with Gasteiger partial charge >= 0.3 is 0 Å². The molecule has 2 atom stereocenters. The first kappa shape index (κ1) is 21.3. The number of hydrogen-bond donors (Lipinski definition) is 0. The Kier molecular flexibility index (Phi) is 4.18. The fourth-order valence-electron chi connectivity index (χ4n) is 9.19. The smallest absolute Gasteiger partial charge is 0.252 e. The molecule has 4 aromatic rings. The van der Waals surface area contributed by atoms with Gasteiger partial charge in [-0.05, 0) is 111 Å². The summed E-state index contributed by atoms with van der Waals surface area (Å²) in [6.07, 6.45) is 4.83. The molecule has 4 aromatic carbocycles. The molecule has 4 aliphatic rings. The molecule has 1 fully saturated rings. The molecule has 8 rings (SSSR count). The van der Waals surface area contributed by atoms with Crippen molar-refractivity contribution in [3.63, 3.8) is 0 Å². The first-order valence-electron chi connectivity index (χ1n) is 16.5. The minimum absolute atomic E-state index is 0.0302. The highest BCUT2D eigenvalue weighted by atomic mass is 15.3. The third-order valence-corrected chi connectivity index (χ3v) is 11.0. The Bertz CT molecular complexity index is 1850. The summed E-state index contributed by atoms with van der Waals surface area (Å²) in [5, 5.41) is 0. The van der Waals surface area contributed by atoms with E-state index < -0.39 is 6.85 Å². The highest BCUT2D eigenvalue weighted by Gasteiger charge is 2.61. The Balaban J connectivity index is 1.52. The van der Waals surface area contributed by atoms with Crippen molar-refractivity contribution in [2.24, 2.45) is 0 Å². The van der Waals surface area contributed by atoms with Crippen LogP contribution in [0.25, 0.3) is 0 Å². The van der Waals surface area contributed by atoms with Crippen LogP contribution in [0.3, 0.4) is 0 Å². The third kappa shape index (κ3) is 2.81. The molecule has 0 radical (unpaired) electrons. The summed E-state index contributed by atoms with van der Waals surface area (Å²) in [4.78, 5) is 5.17. The van der Waals surface area contributed by atoms with Crippen LogP contribution in [0.1, 0.15) is 77.0 Å². The van der Waals surface area contributed by atoms with Gasteiger partial charge in [-0.15, -0.1) is 0 Å². The largest absolute Gasteiger partial charge is 0.335 e. The van der Waals surface area contributed by atoms with Gasteiger partial charge in [-0.2, -0.15) is 0 Å². The fraction of sp³-hybridized carbons (Fsp3) is 0.351. The number of aryl methyl sites for hydroxylation is 5. The Hall–Kier alpha value is -3.46. The minimum atomic E-state index is -2.18. The molecule has 2 nitrogen and oxygen atoms in total. The predicted molar refractivity (Wildman–Crippen MR) is 172 cm³/mol. The number of nitrogens with zero attached hydrogens (tertiary/aromatic N) is 2. The van der Waals surface area contributed by atoms with Crippen LogP contribution in [0.2, 0.25) is 0 Å². The van der Waals surface area contributed by atoms with E-state index in [0.717, 1.165) is 17.6 Å². The average Bonchev–Trinajstić information content (AvgIpc) is 3.15. The molecule has 3 heteroatoms. The van der Waals surface area contributed by atoms with Crippen LogP contribution >= 0.6 is 0 Å². The number of anilines is 5.